The van der Waals surface area contributed by atoms with Gasteiger partial charge in [-0.1, -0.05) is 12.2 Å². The Balaban J connectivity index is 2.97. The number of rotatable bonds is 11. The van der Waals surface area contributed by atoms with Crippen LogP contribution in [-0.2, 0) is 0 Å². The fourth-order valence-electron chi connectivity index (χ4n) is 1.15. The molecule has 0 aliphatic rings. The van der Waals surface area contributed by atoms with Gasteiger partial charge in [-0.3, -0.25) is 0 Å². The smallest absolute Gasteiger partial charge is 0.0135 e. The molecule has 0 saturated carbocycles. The standard InChI is InChI=1S/C11H26N4/c1-13-7-5-11-15-9-3-2-8-14-10-4-6-12/h2-3,13-15H,4-12H2,1H3. The van der Waals surface area contributed by atoms with Gasteiger partial charge in [-0.2, -0.15) is 0 Å². The summed E-state index contributed by atoms with van der Waals surface area (Å²) in [6, 6.07) is 0. The summed E-state index contributed by atoms with van der Waals surface area (Å²) >= 11 is 0. The highest BCUT2D eigenvalue weighted by atomic mass is 14.9. The van der Waals surface area contributed by atoms with Crippen molar-refractivity contribution >= 4 is 0 Å². The molecule has 90 valence electrons. The zero-order valence-electron chi connectivity index (χ0n) is 9.89. The van der Waals surface area contributed by atoms with E-state index in [9.17, 15) is 0 Å². The Labute approximate surface area is 93.7 Å². The predicted molar refractivity (Wildman–Crippen MR) is 67.1 cm³/mol. The van der Waals surface area contributed by atoms with Gasteiger partial charge in [0.2, 0.25) is 0 Å². The Morgan fingerprint density at radius 3 is 2.07 bits per heavy atom. The lowest BCUT2D eigenvalue weighted by Crippen LogP contribution is -2.20. The Hall–Kier alpha value is -0.420. The maximum atomic E-state index is 5.38. The summed E-state index contributed by atoms with van der Waals surface area (Å²) < 4.78 is 0. The molecule has 4 nitrogen and oxygen atoms in total. The topological polar surface area (TPSA) is 62.1 Å². The molecule has 0 aromatic rings. The normalized spacial score (nSPS) is 11.3. The van der Waals surface area contributed by atoms with Crippen molar-refractivity contribution in [2.75, 3.05) is 46.3 Å². The van der Waals surface area contributed by atoms with Crippen molar-refractivity contribution in [2.24, 2.45) is 5.73 Å². The largest absolute Gasteiger partial charge is 0.330 e. The molecular formula is C11H26N4. The van der Waals surface area contributed by atoms with Gasteiger partial charge in [-0.25, -0.2) is 0 Å². The third-order valence-electron chi connectivity index (χ3n) is 2.03. The lowest BCUT2D eigenvalue weighted by atomic mass is 10.4. The summed E-state index contributed by atoms with van der Waals surface area (Å²) in [4.78, 5) is 0. The zero-order valence-corrected chi connectivity index (χ0v) is 9.89. The Morgan fingerprint density at radius 1 is 0.933 bits per heavy atom. The molecule has 15 heavy (non-hydrogen) atoms. The van der Waals surface area contributed by atoms with E-state index >= 15 is 0 Å². The minimum absolute atomic E-state index is 0.768. The van der Waals surface area contributed by atoms with Crippen molar-refractivity contribution < 1.29 is 0 Å². The first-order chi connectivity index (χ1) is 7.41. The van der Waals surface area contributed by atoms with Gasteiger partial charge in [0.05, 0.1) is 0 Å². The lowest BCUT2D eigenvalue weighted by Gasteiger charge is -2.01. The second-order valence-corrected chi connectivity index (χ2v) is 3.48. The Kier molecular flexibility index (Phi) is 13.2. The summed E-state index contributed by atoms with van der Waals surface area (Å²) in [6.07, 6.45) is 6.55. The van der Waals surface area contributed by atoms with E-state index < -0.39 is 0 Å². The minimum Gasteiger partial charge on any atom is -0.330 e. The van der Waals surface area contributed by atoms with Crippen molar-refractivity contribution in [2.45, 2.75) is 12.8 Å². The molecule has 0 aliphatic carbocycles. The van der Waals surface area contributed by atoms with Crippen molar-refractivity contribution in [3.05, 3.63) is 12.2 Å². The Morgan fingerprint density at radius 2 is 1.53 bits per heavy atom. The maximum Gasteiger partial charge on any atom is 0.0135 e. The van der Waals surface area contributed by atoms with Crippen LogP contribution in [0.3, 0.4) is 0 Å². The van der Waals surface area contributed by atoms with Crippen LogP contribution in [-0.4, -0.2) is 46.3 Å². The van der Waals surface area contributed by atoms with Gasteiger partial charge in [-0.05, 0) is 46.1 Å². The quantitative estimate of drug-likeness (QED) is 0.281. The van der Waals surface area contributed by atoms with Gasteiger partial charge in [-0.15, -0.1) is 0 Å². The first-order valence-electron chi connectivity index (χ1n) is 5.83. The van der Waals surface area contributed by atoms with Crippen LogP contribution in [0.4, 0.5) is 0 Å². The van der Waals surface area contributed by atoms with Crippen molar-refractivity contribution in [3.8, 4) is 0 Å². The molecule has 0 saturated heterocycles. The van der Waals surface area contributed by atoms with Crippen LogP contribution in [0.1, 0.15) is 12.8 Å². The molecule has 0 aromatic heterocycles. The number of nitrogens with two attached hydrogens (primary N) is 1. The van der Waals surface area contributed by atoms with E-state index in [0.717, 1.165) is 45.7 Å². The summed E-state index contributed by atoms with van der Waals surface area (Å²) in [7, 11) is 1.98. The fourth-order valence-corrected chi connectivity index (χ4v) is 1.15. The molecule has 0 fully saturated rings. The van der Waals surface area contributed by atoms with Crippen molar-refractivity contribution in [1.82, 2.24) is 16.0 Å². The third kappa shape index (κ3) is 13.6. The minimum atomic E-state index is 0.768. The highest BCUT2D eigenvalue weighted by molar-refractivity contribution is 4.85. The average Bonchev–Trinajstić information content (AvgIpc) is 2.26. The summed E-state index contributed by atoms with van der Waals surface area (Å²) in [5.41, 5.74) is 5.38. The number of hydrogen-bond donors (Lipinski definition) is 4. The van der Waals surface area contributed by atoms with Crippen LogP contribution in [0.2, 0.25) is 0 Å². The van der Waals surface area contributed by atoms with Gasteiger partial charge >= 0.3 is 0 Å². The number of hydrogen-bond acceptors (Lipinski definition) is 4. The lowest BCUT2D eigenvalue weighted by molar-refractivity contribution is 0.654. The average molecular weight is 214 g/mol. The van der Waals surface area contributed by atoms with Crippen molar-refractivity contribution in [1.29, 1.82) is 0 Å². The molecule has 0 amide bonds. The van der Waals surface area contributed by atoms with E-state index in [2.05, 4.69) is 28.1 Å². The van der Waals surface area contributed by atoms with E-state index in [4.69, 9.17) is 5.73 Å². The molecule has 0 aliphatic heterocycles. The summed E-state index contributed by atoms with van der Waals surface area (Å²) in [5.74, 6) is 0. The Bertz CT molecular complexity index is 137. The van der Waals surface area contributed by atoms with E-state index in [1.807, 2.05) is 7.05 Å². The summed E-state index contributed by atoms with van der Waals surface area (Å²) in [6.45, 7) is 5.84. The van der Waals surface area contributed by atoms with Crippen LogP contribution in [0.15, 0.2) is 12.2 Å². The highest BCUT2D eigenvalue weighted by Crippen LogP contribution is 1.75. The van der Waals surface area contributed by atoms with Crippen LogP contribution < -0.4 is 21.7 Å². The van der Waals surface area contributed by atoms with Crippen LogP contribution in [0, 0.1) is 0 Å². The molecule has 0 heterocycles. The SMILES string of the molecule is CNCCCNCC=CCNCCCN. The van der Waals surface area contributed by atoms with Gasteiger partial charge in [0.25, 0.3) is 0 Å². The molecule has 0 aromatic carbocycles. The second kappa shape index (κ2) is 13.6. The van der Waals surface area contributed by atoms with Gasteiger partial charge in [0.1, 0.15) is 0 Å². The van der Waals surface area contributed by atoms with Gasteiger partial charge < -0.3 is 21.7 Å². The zero-order chi connectivity index (χ0) is 11.2. The maximum absolute atomic E-state index is 5.38. The second-order valence-electron chi connectivity index (χ2n) is 3.48. The molecule has 5 N–H and O–H groups in total. The van der Waals surface area contributed by atoms with E-state index in [-0.39, 0.29) is 0 Å². The monoisotopic (exact) mass is 214 g/mol. The first kappa shape index (κ1) is 14.6. The van der Waals surface area contributed by atoms with Crippen LogP contribution in [0.5, 0.6) is 0 Å². The van der Waals surface area contributed by atoms with E-state index in [1.54, 1.807) is 0 Å². The van der Waals surface area contributed by atoms with E-state index in [0.29, 0.717) is 0 Å². The van der Waals surface area contributed by atoms with Crippen LogP contribution in [0.25, 0.3) is 0 Å². The molecule has 0 atom stereocenters. The fraction of sp³-hybridized carbons (Fsp3) is 0.818. The first-order valence-corrected chi connectivity index (χ1v) is 5.83. The molecule has 0 spiro atoms. The van der Waals surface area contributed by atoms with Crippen molar-refractivity contribution in [3.63, 3.8) is 0 Å². The third-order valence-corrected chi connectivity index (χ3v) is 2.03. The van der Waals surface area contributed by atoms with Gasteiger partial charge in [0, 0.05) is 13.1 Å². The van der Waals surface area contributed by atoms with Crippen LogP contribution >= 0.6 is 0 Å². The number of nitrogens with one attached hydrogen (secondary N) is 3. The molecule has 0 unspecified atom stereocenters. The molecule has 0 bridgehead atoms. The molecule has 0 rings (SSSR count). The molecule has 4 heteroatoms. The molecular weight excluding hydrogens is 188 g/mol. The predicted octanol–water partition coefficient (Wildman–Crippen LogP) is -0.320. The summed E-state index contributed by atoms with van der Waals surface area (Å²) in [5, 5.41) is 9.76. The highest BCUT2D eigenvalue weighted by Gasteiger charge is 1.84. The van der Waals surface area contributed by atoms with E-state index in [1.165, 1.54) is 6.42 Å². The van der Waals surface area contributed by atoms with Gasteiger partial charge in [0.15, 0.2) is 0 Å². The molecule has 0 radical (unpaired) electrons.